The van der Waals surface area contributed by atoms with Crippen LogP contribution < -0.4 is 0 Å². The second-order valence-electron chi connectivity index (χ2n) is 5.59. The molecule has 1 aromatic carbocycles. The molecule has 0 amide bonds. The molecule has 0 radical (unpaired) electrons. The minimum absolute atomic E-state index is 0.124. The highest BCUT2D eigenvalue weighted by atomic mass is 16.4. The number of unbranched alkanes of at least 4 members (excludes halogenated alkanes) is 2. The first-order chi connectivity index (χ1) is 10.7. The van der Waals surface area contributed by atoms with E-state index in [-0.39, 0.29) is 6.42 Å². The smallest absolute Gasteiger partial charge is 0.303 e. The number of benzene rings is 1. The molecular weight excluding hydrogens is 274 g/mol. The van der Waals surface area contributed by atoms with E-state index in [2.05, 4.69) is 36.2 Å². The van der Waals surface area contributed by atoms with Crippen LogP contribution in [0, 0.1) is 0 Å². The number of carbonyl (C=O) groups is 1. The Labute approximate surface area is 132 Å². The van der Waals surface area contributed by atoms with E-state index in [0.29, 0.717) is 6.42 Å². The van der Waals surface area contributed by atoms with E-state index in [0.717, 1.165) is 23.2 Å². The van der Waals surface area contributed by atoms with Gasteiger partial charge in [0.2, 0.25) is 0 Å². The van der Waals surface area contributed by atoms with Crippen LogP contribution in [0.25, 0.3) is 11.1 Å². The third kappa shape index (κ3) is 4.99. The molecule has 0 aliphatic heterocycles. The minimum Gasteiger partial charge on any atom is -0.481 e. The van der Waals surface area contributed by atoms with Gasteiger partial charge in [-0.3, -0.25) is 9.78 Å². The molecular formula is C19H23NO2. The Bertz CT molecular complexity index is 588. The molecule has 1 aromatic heterocycles. The molecule has 1 N–H and O–H groups in total. The Kier molecular flexibility index (Phi) is 6.13. The summed E-state index contributed by atoms with van der Waals surface area (Å²) < 4.78 is 0. The van der Waals surface area contributed by atoms with E-state index >= 15 is 0 Å². The molecule has 0 atom stereocenters. The van der Waals surface area contributed by atoms with Crippen LogP contribution in [0.4, 0.5) is 0 Å². The van der Waals surface area contributed by atoms with Gasteiger partial charge in [0.25, 0.3) is 0 Å². The predicted octanol–water partition coefficient (Wildman–Crippen LogP) is 4.50. The van der Waals surface area contributed by atoms with Gasteiger partial charge in [-0.25, -0.2) is 0 Å². The Morgan fingerprint density at radius 3 is 2.32 bits per heavy atom. The largest absolute Gasteiger partial charge is 0.481 e. The van der Waals surface area contributed by atoms with Crippen LogP contribution in [0.3, 0.4) is 0 Å². The number of aromatic nitrogens is 1. The van der Waals surface area contributed by atoms with Crippen LogP contribution >= 0.6 is 0 Å². The minimum atomic E-state index is -0.787. The number of nitrogens with zero attached hydrogens (tertiary/aromatic N) is 1. The molecule has 0 saturated carbocycles. The molecule has 0 bridgehead atoms. The highest BCUT2D eigenvalue weighted by molar-refractivity contribution is 5.67. The quantitative estimate of drug-likeness (QED) is 0.730. The number of carboxylic acid groups (broad SMARTS) is 1. The summed E-state index contributed by atoms with van der Waals surface area (Å²) in [6.07, 6.45) is 7.34. The first-order valence-electron chi connectivity index (χ1n) is 7.95. The van der Waals surface area contributed by atoms with Crippen LogP contribution in [0.2, 0.25) is 0 Å². The van der Waals surface area contributed by atoms with Crippen molar-refractivity contribution in [3.8, 4) is 11.1 Å². The van der Waals surface area contributed by atoms with E-state index in [1.54, 1.807) is 0 Å². The lowest BCUT2D eigenvalue weighted by atomic mass is 10.0. The van der Waals surface area contributed by atoms with Gasteiger partial charge in [0.05, 0.1) is 6.42 Å². The summed E-state index contributed by atoms with van der Waals surface area (Å²) in [6, 6.07) is 12.6. The maximum absolute atomic E-state index is 10.6. The summed E-state index contributed by atoms with van der Waals surface area (Å²) in [5, 5.41) is 8.68. The van der Waals surface area contributed by atoms with Crippen molar-refractivity contribution in [2.75, 3.05) is 0 Å². The van der Waals surface area contributed by atoms with Crippen LogP contribution in [-0.4, -0.2) is 16.1 Å². The molecule has 3 heteroatoms. The molecule has 0 spiro atoms. The van der Waals surface area contributed by atoms with Crippen LogP contribution in [0.15, 0.2) is 42.6 Å². The number of rotatable bonds is 8. The molecule has 0 aliphatic carbocycles. The van der Waals surface area contributed by atoms with E-state index in [4.69, 9.17) is 5.11 Å². The van der Waals surface area contributed by atoms with Crippen LogP contribution in [-0.2, 0) is 17.6 Å². The molecule has 116 valence electrons. The van der Waals surface area contributed by atoms with E-state index < -0.39 is 5.97 Å². The van der Waals surface area contributed by atoms with Crippen molar-refractivity contribution in [3.63, 3.8) is 0 Å². The van der Waals surface area contributed by atoms with Crippen LogP contribution in [0.5, 0.6) is 0 Å². The molecule has 3 nitrogen and oxygen atoms in total. The van der Waals surface area contributed by atoms with Gasteiger partial charge in [0.15, 0.2) is 0 Å². The Morgan fingerprint density at radius 1 is 1.00 bits per heavy atom. The van der Waals surface area contributed by atoms with E-state index in [1.165, 1.54) is 24.8 Å². The van der Waals surface area contributed by atoms with Gasteiger partial charge >= 0.3 is 5.97 Å². The SMILES string of the molecule is CCCCCc1ccc(-c2ccc(CCC(=O)O)nc2)cc1. The fraction of sp³-hybridized carbons (Fsp3) is 0.368. The number of hydrogen-bond acceptors (Lipinski definition) is 2. The van der Waals surface area contributed by atoms with Gasteiger partial charge in [-0.2, -0.15) is 0 Å². The molecule has 0 unspecified atom stereocenters. The third-order valence-corrected chi connectivity index (χ3v) is 3.78. The van der Waals surface area contributed by atoms with Crippen molar-refractivity contribution in [3.05, 3.63) is 53.9 Å². The Hall–Kier alpha value is -2.16. The Balaban J connectivity index is 1.97. The van der Waals surface area contributed by atoms with Gasteiger partial charge in [-0.1, -0.05) is 50.1 Å². The fourth-order valence-electron chi connectivity index (χ4n) is 2.42. The van der Waals surface area contributed by atoms with Gasteiger partial charge in [0.1, 0.15) is 0 Å². The number of hydrogen-bond donors (Lipinski definition) is 1. The predicted molar refractivity (Wildman–Crippen MR) is 88.9 cm³/mol. The summed E-state index contributed by atoms with van der Waals surface area (Å²) in [6.45, 7) is 2.22. The number of aryl methyl sites for hydroxylation is 2. The summed E-state index contributed by atoms with van der Waals surface area (Å²) >= 11 is 0. The topological polar surface area (TPSA) is 50.2 Å². The molecule has 2 rings (SSSR count). The molecule has 2 aromatic rings. The molecule has 1 heterocycles. The normalized spacial score (nSPS) is 10.6. The molecule has 22 heavy (non-hydrogen) atoms. The average molecular weight is 297 g/mol. The zero-order chi connectivity index (χ0) is 15.8. The summed E-state index contributed by atoms with van der Waals surface area (Å²) in [7, 11) is 0. The van der Waals surface area contributed by atoms with Gasteiger partial charge < -0.3 is 5.11 Å². The lowest BCUT2D eigenvalue weighted by Gasteiger charge is -2.05. The van der Waals surface area contributed by atoms with Crippen molar-refractivity contribution < 1.29 is 9.90 Å². The van der Waals surface area contributed by atoms with E-state index in [9.17, 15) is 4.79 Å². The molecule has 0 saturated heterocycles. The van der Waals surface area contributed by atoms with Gasteiger partial charge in [-0.15, -0.1) is 0 Å². The first kappa shape index (κ1) is 16.2. The standard InChI is InChI=1S/C19H23NO2/c1-2-3-4-5-15-6-8-16(9-7-15)17-10-11-18(20-14-17)12-13-19(21)22/h6-11,14H,2-5,12-13H2,1H3,(H,21,22). The van der Waals surface area contributed by atoms with Crippen molar-refractivity contribution in [1.29, 1.82) is 0 Å². The second kappa shape index (κ2) is 8.32. The first-order valence-corrected chi connectivity index (χ1v) is 7.95. The number of aliphatic carboxylic acids is 1. The summed E-state index contributed by atoms with van der Waals surface area (Å²) in [5.74, 6) is -0.787. The van der Waals surface area contributed by atoms with E-state index in [1.807, 2.05) is 18.3 Å². The molecule has 0 aliphatic rings. The van der Waals surface area contributed by atoms with Gasteiger partial charge in [0, 0.05) is 23.9 Å². The third-order valence-electron chi connectivity index (χ3n) is 3.78. The molecule has 0 fully saturated rings. The summed E-state index contributed by atoms with van der Waals surface area (Å²) in [5.41, 5.74) is 4.42. The maximum atomic E-state index is 10.6. The highest BCUT2D eigenvalue weighted by Crippen LogP contribution is 2.20. The van der Waals surface area contributed by atoms with Gasteiger partial charge in [-0.05, 0) is 30.0 Å². The average Bonchev–Trinajstić information content (AvgIpc) is 2.54. The highest BCUT2D eigenvalue weighted by Gasteiger charge is 2.02. The van der Waals surface area contributed by atoms with Crippen molar-refractivity contribution >= 4 is 5.97 Å². The lowest BCUT2D eigenvalue weighted by Crippen LogP contribution is -1.99. The maximum Gasteiger partial charge on any atom is 0.303 e. The van der Waals surface area contributed by atoms with Crippen molar-refractivity contribution in [1.82, 2.24) is 4.98 Å². The number of carboxylic acids is 1. The lowest BCUT2D eigenvalue weighted by molar-refractivity contribution is -0.136. The van der Waals surface area contributed by atoms with Crippen LogP contribution in [0.1, 0.15) is 43.9 Å². The zero-order valence-corrected chi connectivity index (χ0v) is 13.1. The monoisotopic (exact) mass is 297 g/mol. The zero-order valence-electron chi connectivity index (χ0n) is 13.1. The fourth-order valence-corrected chi connectivity index (χ4v) is 2.42. The van der Waals surface area contributed by atoms with Crippen molar-refractivity contribution in [2.24, 2.45) is 0 Å². The summed E-state index contributed by atoms with van der Waals surface area (Å²) in [4.78, 5) is 14.9. The second-order valence-corrected chi connectivity index (χ2v) is 5.59. The Morgan fingerprint density at radius 2 is 1.73 bits per heavy atom. The number of pyridine rings is 1. The van der Waals surface area contributed by atoms with Crippen molar-refractivity contribution in [2.45, 2.75) is 45.4 Å².